The maximum atomic E-state index is 12.4. The second-order valence-corrected chi connectivity index (χ2v) is 5.75. The maximum Gasteiger partial charge on any atom is 0.219 e. The molecule has 1 N–H and O–H groups in total. The van der Waals surface area contributed by atoms with Crippen LogP contribution in [0, 0.1) is 6.92 Å². The van der Waals surface area contributed by atoms with Crippen LogP contribution in [0.15, 0.2) is 30.9 Å². The lowest BCUT2D eigenvalue weighted by Crippen LogP contribution is -2.05. The number of pyridine rings is 1. The van der Waals surface area contributed by atoms with Gasteiger partial charge in [0.2, 0.25) is 5.88 Å². The molecule has 0 saturated heterocycles. The number of fused-ring (bicyclic) bond motifs is 1. The van der Waals surface area contributed by atoms with Gasteiger partial charge in [-0.15, -0.1) is 0 Å². The summed E-state index contributed by atoms with van der Waals surface area (Å²) in [5, 5.41) is 8.96. The second kappa shape index (κ2) is 7.40. The first-order valence-corrected chi connectivity index (χ1v) is 8.08. The zero-order valence-corrected chi connectivity index (χ0v) is 14.3. The fraction of sp³-hybridized carbons (Fsp3) is 0.333. The number of methoxy groups -OCH3 is 1. The highest BCUT2D eigenvalue weighted by atomic mass is 16.5. The molecule has 7 heteroatoms. The van der Waals surface area contributed by atoms with Crippen molar-refractivity contribution in [2.75, 3.05) is 13.7 Å². The summed E-state index contributed by atoms with van der Waals surface area (Å²) in [6, 6.07) is 3.77. The molecule has 0 unspecified atom stereocenters. The third kappa shape index (κ3) is 3.36. The van der Waals surface area contributed by atoms with Gasteiger partial charge in [-0.2, -0.15) is 0 Å². The van der Waals surface area contributed by atoms with Crippen molar-refractivity contribution in [2.24, 2.45) is 0 Å². The molecule has 0 fully saturated rings. The minimum Gasteiger partial charge on any atom is -0.481 e. The molecule has 0 aliphatic heterocycles. The van der Waals surface area contributed by atoms with Crippen molar-refractivity contribution in [1.82, 2.24) is 19.5 Å². The molecule has 25 heavy (non-hydrogen) atoms. The van der Waals surface area contributed by atoms with Gasteiger partial charge >= 0.3 is 0 Å². The standard InChI is InChI=1S/C18H20N4O3/c1-12-14(20-11-21-18(12)25-2)10-22-9-13(16(24)6-4-8-23)17-15(22)5-3-7-19-17/h3,5,7,9,11,23H,4,6,8,10H2,1-2H3. The van der Waals surface area contributed by atoms with Crippen LogP contribution in [-0.4, -0.2) is 44.1 Å². The van der Waals surface area contributed by atoms with Crippen LogP contribution in [-0.2, 0) is 6.54 Å². The van der Waals surface area contributed by atoms with Gasteiger partial charge in [0.15, 0.2) is 5.78 Å². The fourth-order valence-electron chi connectivity index (χ4n) is 2.83. The van der Waals surface area contributed by atoms with E-state index < -0.39 is 0 Å². The van der Waals surface area contributed by atoms with Crippen LogP contribution in [0.5, 0.6) is 5.88 Å². The zero-order valence-electron chi connectivity index (χ0n) is 14.3. The van der Waals surface area contributed by atoms with Crippen molar-refractivity contribution in [3.05, 3.63) is 47.7 Å². The van der Waals surface area contributed by atoms with Crippen LogP contribution in [0.1, 0.15) is 34.5 Å². The first-order chi connectivity index (χ1) is 12.2. The van der Waals surface area contributed by atoms with E-state index >= 15 is 0 Å². The number of carbonyl (C=O) groups excluding carboxylic acids is 1. The molecule has 0 aromatic carbocycles. The Labute approximate surface area is 145 Å². The highest BCUT2D eigenvalue weighted by Gasteiger charge is 2.17. The van der Waals surface area contributed by atoms with E-state index in [2.05, 4.69) is 15.0 Å². The number of aliphatic hydroxyl groups excluding tert-OH is 1. The molecule has 3 rings (SSSR count). The van der Waals surface area contributed by atoms with Crippen LogP contribution in [0.25, 0.3) is 11.0 Å². The van der Waals surface area contributed by atoms with Crippen molar-refractivity contribution >= 4 is 16.8 Å². The van der Waals surface area contributed by atoms with Crippen molar-refractivity contribution in [3.8, 4) is 5.88 Å². The summed E-state index contributed by atoms with van der Waals surface area (Å²) >= 11 is 0. The van der Waals surface area contributed by atoms with Crippen molar-refractivity contribution in [3.63, 3.8) is 0 Å². The van der Waals surface area contributed by atoms with Gasteiger partial charge in [0, 0.05) is 31.0 Å². The first-order valence-electron chi connectivity index (χ1n) is 8.08. The van der Waals surface area contributed by atoms with Gasteiger partial charge in [-0.1, -0.05) is 0 Å². The van der Waals surface area contributed by atoms with E-state index in [0.29, 0.717) is 36.3 Å². The Bertz CT molecular complexity index is 904. The van der Waals surface area contributed by atoms with E-state index in [4.69, 9.17) is 9.84 Å². The second-order valence-electron chi connectivity index (χ2n) is 5.75. The van der Waals surface area contributed by atoms with Crippen LogP contribution in [0.4, 0.5) is 0 Å². The Morgan fingerprint density at radius 1 is 1.32 bits per heavy atom. The molecule has 3 heterocycles. The van der Waals surface area contributed by atoms with Gasteiger partial charge in [0.05, 0.1) is 35.9 Å². The smallest absolute Gasteiger partial charge is 0.219 e. The zero-order chi connectivity index (χ0) is 17.8. The number of hydrogen-bond donors (Lipinski definition) is 1. The monoisotopic (exact) mass is 340 g/mol. The fourth-order valence-corrected chi connectivity index (χ4v) is 2.83. The summed E-state index contributed by atoms with van der Waals surface area (Å²) in [5.41, 5.74) is 3.80. The Balaban J connectivity index is 2.01. The topological polar surface area (TPSA) is 90.1 Å². The number of carbonyl (C=O) groups is 1. The Morgan fingerprint density at radius 2 is 2.16 bits per heavy atom. The normalized spacial score (nSPS) is 11.0. The maximum absolute atomic E-state index is 12.4. The number of aliphatic hydroxyl groups is 1. The summed E-state index contributed by atoms with van der Waals surface area (Å²) < 4.78 is 7.21. The molecule has 7 nitrogen and oxygen atoms in total. The van der Waals surface area contributed by atoms with Crippen LogP contribution in [0.3, 0.4) is 0 Å². The van der Waals surface area contributed by atoms with E-state index in [0.717, 1.165) is 16.8 Å². The molecule has 130 valence electrons. The molecule has 3 aromatic heterocycles. The van der Waals surface area contributed by atoms with Gasteiger partial charge < -0.3 is 14.4 Å². The van der Waals surface area contributed by atoms with Gasteiger partial charge in [-0.25, -0.2) is 9.97 Å². The summed E-state index contributed by atoms with van der Waals surface area (Å²) in [6.07, 6.45) is 5.70. The lowest BCUT2D eigenvalue weighted by Gasteiger charge is -2.09. The van der Waals surface area contributed by atoms with Crippen LogP contribution in [0.2, 0.25) is 0 Å². The number of rotatable bonds is 7. The predicted octanol–water partition coefficient (Wildman–Crippen LogP) is 2.15. The molecule has 0 spiro atoms. The number of aromatic nitrogens is 4. The third-order valence-electron chi connectivity index (χ3n) is 4.15. The molecule has 0 aliphatic carbocycles. The third-order valence-corrected chi connectivity index (χ3v) is 4.15. The molecular weight excluding hydrogens is 320 g/mol. The number of ether oxygens (including phenoxy) is 1. The summed E-state index contributed by atoms with van der Waals surface area (Å²) in [5.74, 6) is 0.521. The van der Waals surface area contributed by atoms with Crippen LogP contribution < -0.4 is 4.74 Å². The van der Waals surface area contributed by atoms with Crippen molar-refractivity contribution < 1.29 is 14.6 Å². The Hall–Kier alpha value is -2.80. The SMILES string of the molecule is COc1ncnc(Cn2cc(C(=O)CCCO)c3ncccc32)c1C. The van der Waals surface area contributed by atoms with E-state index in [1.807, 2.05) is 29.8 Å². The molecule has 0 saturated carbocycles. The van der Waals surface area contributed by atoms with Crippen molar-refractivity contribution in [1.29, 1.82) is 0 Å². The average molecular weight is 340 g/mol. The molecule has 0 atom stereocenters. The molecule has 0 bridgehead atoms. The number of hydrogen-bond acceptors (Lipinski definition) is 6. The van der Waals surface area contributed by atoms with Gasteiger partial charge in [-0.05, 0) is 25.5 Å². The van der Waals surface area contributed by atoms with Gasteiger partial charge in [0.1, 0.15) is 6.33 Å². The summed E-state index contributed by atoms with van der Waals surface area (Å²) in [4.78, 5) is 25.2. The molecule has 0 amide bonds. The van der Waals surface area contributed by atoms with E-state index in [1.54, 1.807) is 13.3 Å². The molecular formula is C18H20N4O3. The highest BCUT2D eigenvalue weighted by Crippen LogP contribution is 2.23. The molecule has 0 aliphatic rings. The van der Waals surface area contributed by atoms with E-state index in [1.165, 1.54) is 6.33 Å². The number of ketones is 1. The molecule has 0 radical (unpaired) electrons. The van der Waals surface area contributed by atoms with E-state index in [-0.39, 0.29) is 12.4 Å². The van der Waals surface area contributed by atoms with Gasteiger partial charge in [-0.3, -0.25) is 9.78 Å². The average Bonchev–Trinajstić information content (AvgIpc) is 3.00. The van der Waals surface area contributed by atoms with Gasteiger partial charge in [0.25, 0.3) is 0 Å². The Kier molecular flexibility index (Phi) is 5.04. The largest absolute Gasteiger partial charge is 0.481 e. The highest BCUT2D eigenvalue weighted by molar-refractivity contribution is 6.06. The first kappa shape index (κ1) is 17.0. The predicted molar refractivity (Wildman–Crippen MR) is 92.8 cm³/mol. The quantitative estimate of drug-likeness (QED) is 0.663. The minimum absolute atomic E-state index is 0.00225. The number of nitrogens with zero attached hydrogens (tertiary/aromatic N) is 4. The summed E-state index contributed by atoms with van der Waals surface area (Å²) in [7, 11) is 1.58. The summed E-state index contributed by atoms with van der Waals surface area (Å²) in [6.45, 7) is 2.39. The lowest BCUT2D eigenvalue weighted by molar-refractivity contribution is 0.0972. The van der Waals surface area contributed by atoms with Crippen LogP contribution >= 0.6 is 0 Å². The Morgan fingerprint density at radius 3 is 2.92 bits per heavy atom. The lowest BCUT2D eigenvalue weighted by atomic mass is 10.1. The molecule has 3 aromatic rings. The van der Waals surface area contributed by atoms with Crippen molar-refractivity contribution in [2.45, 2.75) is 26.3 Å². The number of Topliss-reactive ketones (excluding diaryl/α,β-unsaturated/α-hetero) is 1. The van der Waals surface area contributed by atoms with E-state index in [9.17, 15) is 4.79 Å². The minimum atomic E-state index is -0.0199.